The first-order valence-electron chi connectivity index (χ1n) is 12.4. The van der Waals surface area contributed by atoms with Crippen LogP contribution in [0.1, 0.15) is 36.6 Å². The molecule has 0 heterocycles. The number of hydrogen-bond acceptors (Lipinski definition) is 8. The number of methoxy groups -OCH3 is 3. The summed E-state index contributed by atoms with van der Waals surface area (Å²) in [6.45, 7) is 0. The molecule has 0 atom stereocenters. The second kappa shape index (κ2) is 14.0. The average molecular weight is 632 g/mol. The lowest BCUT2D eigenvalue weighted by Crippen LogP contribution is -2.21. The Morgan fingerprint density at radius 1 is 0.738 bits per heavy atom. The van der Waals surface area contributed by atoms with E-state index in [0.717, 1.165) is 4.47 Å². The van der Waals surface area contributed by atoms with E-state index in [-0.39, 0.29) is 22.6 Å². The van der Waals surface area contributed by atoms with Crippen molar-refractivity contribution in [1.29, 1.82) is 0 Å². The van der Waals surface area contributed by atoms with Gasteiger partial charge in [0.15, 0.2) is 11.5 Å². The van der Waals surface area contributed by atoms with Crippen molar-refractivity contribution in [3.8, 4) is 23.0 Å². The fourth-order valence-corrected chi connectivity index (χ4v) is 4.11. The Hall–Kier alpha value is -5.16. The minimum absolute atomic E-state index is 0.172. The van der Waals surface area contributed by atoms with Crippen LogP contribution in [0.15, 0.2) is 94.5 Å². The Bertz CT molecular complexity index is 1610. The van der Waals surface area contributed by atoms with Crippen molar-refractivity contribution in [1.82, 2.24) is 5.43 Å². The number of carbonyl (C=O) groups excluding carboxylic acids is 3. The lowest BCUT2D eigenvalue weighted by molar-refractivity contribution is 0.0733. The van der Waals surface area contributed by atoms with Crippen LogP contribution in [0, 0.1) is 0 Å². The van der Waals surface area contributed by atoms with Gasteiger partial charge < -0.3 is 24.3 Å². The van der Waals surface area contributed by atoms with Crippen molar-refractivity contribution in [2.75, 3.05) is 26.6 Å². The molecule has 0 aromatic heterocycles. The van der Waals surface area contributed by atoms with Crippen molar-refractivity contribution >= 4 is 45.6 Å². The molecule has 10 nitrogen and oxygen atoms in total. The predicted molar refractivity (Wildman–Crippen MR) is 161 cm³/mol. The molecule has 0 bridgehead atoms. The number of hydrazone groups is 1. The largest absolute Gasteiger partial charge is 0.493 e. The summed E-state index contributed by atoms with van der Waals surface area (Å²) in [6.07, 6.45) is 1.36. The van der Waals surface area contributed by atoms with Crippen molar-refractivity contribution in [2.24, 2.45) is 5.10 Å². The predicted octanol–water partition coefficient (Wildman–Crippen LogP) is 5.71. The van der Waals surface area contributed by atoms with E-state index in [0.29, 0.717) is 28.4 Å². The van der Waals surface area contributed by atoms with Crippen LogP contribution < -0.4 is 29.7 Å². The zero-order chi connectivity index (χ0) is 30.1. The highest BCUT2D eigenvalue weighted by Gasteiger charge is 2.19. The van der Waals surface area contributed by atoms with Crippen LogP contribution in [-0.2, 0) is 0 Å². The molecule has 0 spiro atoms. The fraction of sp³-hybridized carbons (Fsp3) is 0.0968. The first-order chi connectivity index (χ1) is 20.3. The number of amides is 2. The van der Waals surface area contributed by atoms with Crippen LogP contribution in [0.4, 0.5) is 5.69 Å². The fourth-order valence-electron chi connectivity index (χ4n) is 3.84. The lowest BCUT2D eigenvalue weighted by Gasteiger charge is -2.15. The van der Waals surface area contributed by atoms with Crippen LogP contribution in [-0.4, -0.2) is 45.3 Å². The molecule has 2 N–H and O–H groups in total. The number of benzene rings is 4. The molecule has 42 heavy (non-hydrogen) atoms. The lowest BCUT2D eigenvalue weighted by atomic mass is 10.1. The van der Waals surface area contributed by atoms with Gasteiger partial charge in [-0.2, -0.15) is 5.10 Å². The van der Waals surface area contributed by atoms with Gasteiger partial charge >= 0.3 is 5.97 Å². The molecule has 0 aliphatic rings. The molecule has 0 saturated carbocycles. The molecule has 0 unspecified atom stereocenters. The van der Waals surface area contributed by atoms with Gasteiger partial charge in [0.05, 0.1) is 44.4 Å². The summed E-state index contributed by atoms with van der Waals surface area (Å²) in [4.78, 5) is 38.7. The number of rotatable bonds is 10. The molecule has 0 saturated heterocycles. The summed E-state index contributed by atoms with van der Waals surface area (Å²) >= 11 is 3.33. The topological polar surface area (TPSA) is 125 Å². The van der Waals surface area contributed by atoms with Gasteiger partial charge in [0.2, 0.25) is 5.75 Å². The van der Waals surface area contributed by atoms with Crippen LogP contribution >= 0.6 is 15.9 Å². The molecule has 4 aromatic rings. The van der Waals surface area contributed by atoms with E-state index in [2.05, 4.69) is 31.8 Å². The zero-order valence-electron chi connectivity index (χ0n) is 22.8. The summed E-state index contributed by atoms with van der Waals surface area (Å²) in [5, 5.41) is 6.77. The highest BCUT2D eigenvalue weighted by atomic mass is 79.9. The Kier molecular flexibility index (Phi) is 9.90. The molecule has 214 valence electrons. The molecule has 2 amide bonds. The van der Waals surface area contributed by atoms with Gasteiger partial charge in [-0.05, 0) is 60.7 Å². The Balaban J connectivity index is 1.47. The molecule has 11 heteroatoms. The normalized spacial score (nSPS) is 10.6. The van der Waals surface area contributed by atoms with Gasteiger partial charge in [0, 0.05) is 15.6 Å². The van der Waals surface area contributed by atoms with Gasteiger partial charge in [0.25, 0.3) is 11.8 Å². The monoisotopic (exact) mass is 631 g/mol. The smallest absolute Gasteiger partial charge is 0.343 e. The summed E-state index contributed by atoms with van der Waals surface area (Å²) < 4.78 is 22.3. The Morgan fingerprint density at radius 2 is 1.38 bits per heavy atom. The minimum atomic E-state index is -0.573. The molecule has 0 aliphatic heterocycles. The molecule has 0 radical (unpaired) electrons. The number of nitrogens with zero attached hydrogens (tertiary/aromatic N) is 1. The second-order valence-corrected chi connectivity index (χ2v) is 9.46. The van der Waals surface area contributed by atoms with E-state index in [1.807, 2.05) is 0 Å². The first-order valence-corrected chi connectivity index (χ1v) is 13.2. The van der Waals surface area contributed by atoms with Crippen molar-refractivity contribution in [3.05, 3.63) is 112 Å². The van der Waals surface area contributed by atoms with Crippen molar-refractivity contribution in [2.45, 2.75) is 0 Å². The van der Waals surface area contributed by atoms with Crippen molar-refractivity contribution < 1.29 is 33.3 Å². The standard InChI is InChI=1S/C31H26BrN3O7/c1-39-26-16-21(17-27(40-2)28(26)41-3)29(36)34-24-10-6-5-9-23(24)30(37)35-33-18-20-8-4-7-11-25(20)42-31(38)19-12-14-22(32)15-13-19/h4-18H,1-3H3,(H,34,36)(H,35,37)/b33-18-. The van der Waals surface area contributed by atoms with Crippen LogP contribution in [0.5, 0.6) is 23.0 Å². The number of carbonyl (C=O) groups is 3. The maximum atomic E-state index is 13.1. The molecule has 0 aliphatic carbocycles. The third kappa shape index (κ3) is 7.12. The number of nitrogens with one attached hydrogen (secondary N) is 2. The molecular weight excluding hydrogens is 606 g/mol. The quantitative estimate of drug-likeness (QED) is 0.0994. The van der Waals surface area contributed by atoms with E-state index in [1.54, 1.807) is 72.8 Å². The number of halogens is 1. The summed E-state index contributed by atoms with van der Waals surface area (Å²) in [5.41, 5.74) is 3.95. The number of anilines is 1. The number of para-hydroxylation sites is 2. The Morgan fingerprint density at radius 3 is 2.05 bits per heavy atom. The molecule has 0 fully saturated rings. The first kappa shape index (κ1) is 29.8. The van der Waals surface area contributed by atoms with Gasteiger partial charge in [-0.1, -0.05) is 40.2 Å². The third-order valence-corrected chi connectivity index (χ3v) is 6.45. The highest BCUT2D eigenvalue weighted by molar-refractivity contribution is 9.10. The van der Waals surface area contributed by atoms with Crippen LogP contribution in [0.3, 0.4) is 0 Å². The SMILES string of the molecule is COc1cc(C(=O)Nc2ccccc2C(=O)N/N=C\c2ccccc2OC(=O)c2ccc(Br)cc2)cc(OC)c1OC. The third-order valence-electron chi connectivity index (χ3n) is 5.92. The maximum absolute atomic E-state index is 13.1. The Labute approximate surface area is 250 Å². The average Bonchev–Trinajstić information content (AvgIpc) is 3.01. The van der Waals surface area contributed by atoms with E-state index in [1.165, 1.54) is 39.7 Å². The highest BCUT2D eigenvalue weighted by Crippen LogP contribution is 2.38. The number of hydrogen-bond donors (Lipinski definition) is 2. The summed E-state index contributed by atoms with van der Waals surface area (Å²) in [6, 6.07) is 23.0. The van der Waals surface area contributed by atoms with Crippen LogP contribution in [0.25, 0.3) is 0 Å². The maximum Gasteiger partial charge on any atom is 0.343 e. The molecule has 4 rings (SSSR count). The molecular formula is C31H26BrN3O7. The second-order valence-electron chi connectivity index (χ2n) is 8.55. The molecule has 4 aromatic carbocycles. The van der Waals surface area contributed by atoms with Crippen LogP contribution in [0.2, 0.25) is 0 Å². The van der Waals surface area contributed by atoms with Gasteiger partial charge in [-0.3, -0.25) is 9.59 Å². The van der Waals surface area contributed by atoms with Gasteiger partial charge in [0.1, 0.15) is 5.75 Å². The summed E-state index contributed by atoms with van der Waals surface area (Å²) in [5.74, 6) is -0.379. The minimum Gasteiger partial charge on any atom is -0.493 e. The van der Waals surface area contributed by atoms with Gasteiger partial charge in [-0.25, -0.2) is 10.2 Å². The number of esters is 1. The van der Waals surface area contributed by atoms with E-state index < -0.39 is 17.8 Å². The van der Waals surface area contributed by atoms with E-state index in [4.69, 9.17) is 18.9 Å². The van der Waals surface area contributed by atoms with Crippen molar-refractivity contribution in [3.63, 3.8) is 0 Å². The van der Waals surface area contributed by atoms with Gasteiger partial charge in [-0.15, -0.1) is 0 Å². The van der Waals surface area contributed by atoms with E-state index in [9.17, 15) is 14.4 Å². The zero-order valence-corrected chi connectivity index (χ0v) is 24.4. The number of ether oxygens (including phenoxy) is 4. The summed E-state index contributed by atoms with van der Waals surface area (Å²) in [7, 11) is 4.36. The van der Waals surface area contributed by atoms with E-state index >= 15 is 0 Å².